The number of hydrogen-bond donors (Lipinski definition) is 2. The molecule has 1 saturated carbocycles. The Bertz CT molecular complexity index is 1290. The molecule has 0 atom stereocenters. The number of nitrogens with one attached hydrogen (secondary N) is 2. The highest BCUT2D eigenvalue weighted by molar-refractivity contribution is 5.92. The largest absolute Gasteiger partial charge is 0.345 e. The van der Waals surface area contributed by atoms with Crippen LogP contribution in [0.5, 0.6) is 0 Å². The first-order valence-electron chi connectivity index (χ1n) is 10.1. The lowest BCUT2D eigenvalue weighted by Crippen LogP contribution is -2.27. The van der Waals surface area contributed by atoms with Gasteiger partial charge in [-0.05, 0) is 55.1 Å². The topological polar surface area (TPSA) is 92.8 Å². The molecule has 0 saturated heterocycles. The van der Waals surface area contributed by atoms with Gasteiger partial charge in [0.05, 0.1) is 12.2 Å². The number of fused-ring (bicyclic) bond motifs is 2. The van der Waals surface area contributed by atoms with Crippen LogP contribution in [0.15, 0.2) is 59.8 Å². The third-order valence-electron chi connectivity index (χ3n) is 5.27. The maximum Gasteiger partial charge on any atom is 0.270 e. The molecule has 0 aliphatic heterocycles. The highest BCUT2D eigenvalue weighted by atomic mass is 16.2. The van der Waals surface area contributed by atoms with Crippen LogP contribution in [0.1, 0.15) is 34.6 Å². The van der Waals surface area contributed by atoms with Crippen LogP contribution in [0.3, 0.4) is 0 Å². The van der Waals surface area contributed by atoms with Crippen molar-refractivity contribution >= 4 is 17.2 Å². The molecule has 4 aromatic rings. The van der Waals surface area contributed by atoms with Crippen molar-refractivity contribution < 1.29 is 4.79 Å². The highest BCUT2D eigenvalue weighted by Crippen LogP contribution is 2.27. The maximum atomic E-state index is 12.5. The van der Waals surface area contributed by atoms with E-state index in [-0.39, 0.29) is 17.8 Å². The number of rotatable bonds is 7. The summed E-state index contributed by atoms with van der Waals surface area (Å²) >= 11 is 0. The minimum Gasteiger partial charge on any atom is -0.345 e. The van der Waals surface area contributed by atoms with Gasteiger partial charge in [0.25, 0.3) is 11.5 Å². The van der Waals surface area contributed by atoms with Crippen LogP contribution in [0.25, 0.3) is 11.3 Å². The van der Waals surface area contributed by atoms with E-state index >= 15 is 0 Å². The third-order valence-corrected chi connectivity index (χ3v) is 5.27. The van der Waals surface area contributed by atoms with Gasteiger partial charge in [-0.15, -0.1) is 0 Å². The second-order valence-corrected chi connectivity index (χ2v) is 7.70. The van der Waals surface area contributed by atoms with Crippen molar-refractivity contribution in [2.75, 3.05) is 6.54 Å². The molecule has 2 N–H and O–H groups in total. The molecule has 4 heterocycles. The van der Waals surface area contributed by atoms with Gasteiger partial charge in [0.1, 0.15) is 17.0 Å². The first-order chi connectivity index (χ1) is 14.7. The van der Waals surface area contributed by atoms with E-state index in [1.165, 1.54) is 28.9 Å². The van der Waals surface area contributed by atoms with Crippen LogP contribution < -0.4 is 16.2 Å². The summed E-state index contributed by atoms with van der Waals surface area (Å²) in [6.45, 7) is 2.16. The fraction of sp³-hybridized carbons (Fsp3) is 0.273. The van der Waals surface area contributed by atoms with Crippen LogP contribution in [0.4, 0.5) is 0 Å². The summed E-state index contributed by atoms with van der Waals surface area (Å²) in [6.07, 6.45) is 8.17. The summed E-state index contributed by atoms with van der Waals surface area (Å²) in [5, 5.41) is 6.28. The van der Waals surface area contributed by atoms with Crippen molar-refractivity contribution in [3.8, 4) is 0 Å². The number of carbonyl (C=O) groups is 1. The predicted octanol–water partition coefficient (Wildman–Crippen LogP) is 1.77. The maximum absolute atomic E-state index is 12.5. The van der Waals surface area contributed by atoms with E-state index in [0.29, 0.717) is 5.65 Å². The molecule has 8 heteroatoms. The van der Waals surface area contributed by atoms with Gasteiger partial charge in [0.15, 0.2) is 0 Å². The quantitative estimate of drug-likeness (QED) is 0.492. The minimum atomic E-state index is -0.402. The lowest BCUT2D eigenvalue weighted by molar-refractivity contribution is 0.0945. The molecule has 1 aliphatic rings. The van der Waals surface area contributed by atoms with Gasteiger partial charge in [0.2, 0.25) is 0 Å². The van der Waals surface area contributed by atoms with E-state index < -0.39 is 5.91 Å². The van der Waals surface area contributed by atoms with E-state index in [4.69, 9.17) is 0 Å². The molecule has 1 amide bonds. The van der Waals surface area contributed by atoms with Gasteiger partial charge in [0, 0.05) is 31.2 Å². The number of hydrogen-bond acceptors (Lipinski definition) is 5. The molecule has 152 valence electrons. The number of aromatic nitrogens is 4. The van der Waals surface area contributed by atoms with Gasteiger partial charge in [-0.3, -0.25) is 14.0 Å². The smallest absolute Gasteiger partial charge is 0.270 e. The van der Waals surface area contributed by atoms with E-state index in [2.05, 4.69) is 32.7 Å². The Morgan fingerprint density at radius 2 is 1.97 bits per heavy atom. The van der Waals surface area contributed by atoms with E-state index in [0.717, 1.165) is 30.3 Å². The molecule has 1 aliphatic carbocycles. The molecule has 0 radical (unpaired) electrons. The Hall–Kier alpha value is -3.52. The van der Waals surface area contributed by atoms with Crippen molar-refractivity contribution in [1.29, 1.82) is 0 Å². The zero-order valence-electron chi connectivity index (χ0n) is 16.4. The summed E-state index contributed by atoms with van der Waals surface area (Å²) in [7, 11) is 0. The zero-order valence-corrected chi connectivity index (χ0v) is 16.4. The van der Waals surface area contributed by atoms with Gasteiger partial charge in [-0.1, -0.05) is 6.07 Å². The van der Waals surface area contributed by atoms with Crippen LogP contribution >= 0.6 is 0 Å². The fourth-order valence-electron chi connectivity index (χ4n) is 3.45. The normalized spacial score (nSPS) is 13.7. The molecule has 4 aromatic heterocycles. The number of amides is 1. The summed E-state index contributed by atoms with van der Waals surface area (Å²) in [5.41, 5.74) is 3.01. The molecule has 5 rings (SSSR count). The molecule has 0 aromatic carbocycles. The van der Waals surface area contributed by atoms with Crippen LogP contribution in [-0.2, 0) is 13.1 Å². The second-order valence-electron chi connectivity index (χ2n) is 7.70. The third kappa shape index (κ3) is 3.95. The number of nitrogens with zero attached hydrogens (tertiary/aromatic N) is 4. The first-order valence-corrected chi connectivity index (χ1v) is 10.1. The molecular weight excluding hydrogens is 380 g/mol. The van der Waals surface area contributed by atoms with Crippen LogP contribution in [-0.4, -0.2) is 31.2 Å². The first kappa shape index (κ1) is 18.5. The Morgan fingerprint density at radius 3 is 2.83 bits per heavy atom. The van der Waals surface area contributed by atoms with Gasteiger partial charge in [-0.25, -0.2) is 9.97 Å². The molecular formula is C22H22N6O2. The van der Waals surface area contributed by atoms with Gasteiger partial charge >= 0.3 is 0 Å². The molecule has 0 spiro atoms. The Kier molecular flexibility index (Phi) is 4.76. The lowest BCUT2D eigenvalue weighted by atomic mass is 10.2. The molecule has 30 heavy (non-hydrogen) atoms. The fourth-order valence-corrected chi connectivity index (χ4v) is 3.45. The minimum absolute atomic E-state index is 0.0963. The van der Waals surface area contributed by atoms with E-state index in [1.807, 2.05) is 16.8 Å². The van der Waals surface area contributed by atoms with Crippen molar-refractivity contribution in [2.24, 2.45) is 5.92 Å². The molecule has 0 unspecified atom stereocenters. The summed E-state index contributed by atoms with van der Waals surface area (Å²) in [4.78, 5) is 33.5. The SMILES string of the molecule is O=C(NCc1cn2ccc(CNCC3CC3)cc2n1)c1cc(=O)n2ccccc2n1. The predicted molar refractivity (Wildman–Crippen MR) is 112 cm³/mol. The van der Waals surface area contributed by atoms with Crippen molar-refractivity contribution in [3.05, 3.63) is 82.3 Å². The highest BCUT2D eigenvalue weighted by Gasteiger charge is 2.20. The Labute approximate surface area is 172 Å². The molecule has 1 fully saturated rings. The standard InChI is InChI=1S/C22H22N6O2/c29-21-10-18(26-19-3-1-2-7-28(19)21)22(30)24-13-17-14-27-8-6-16(9-20(27)25-17)12-23-11-15-4-5-15/h1-3,6-10,14-15,23H,4-5,11-13H2,(H,24,30). The monoisotopic (exact) mass is 402 g/mol. The molecule has 8 nitrogen and oxygen atoms in total. The molecule has 0 bridgehead atoms. The van der Waals surface area contributed by atoms with Gasteiger partial charge in [-0.2, -0.15) is 0 Å². The van der Waals surface area contributed by atoms with Crippen LogP contribution in [0.2, 0.25) is 0 Å². The van der Waals surface area contributed by atoms with Crippen LogP contribution in [0, 0.1) is 5.92 Å². The van der Waals surface area contributed by atoms with E-state index in [9.17, 15) is 9.59 Å². The number of pyridine rings is 2. The lowest BCUT2D eigenvalue weighted by Gasteiger charge is -2.04. The van der Waals surface area contributed by atoms with Crippen molar-refractivity contribution in [2.45, 2.75) is 25.9 Å². The van der Waals surface area contributed by atoms with Crippen molar-refractivity contribution in [3.63, 3.8) is 0 Å². The van der Waals surface area contributed by atoms with Gasteiger partial charge < -0.3 is 15.0 Å². The van der Waals surface area contributed by atoms with Crippen molar-refractivity contribution in [1.82, 2.24) is 29.4 Å². The average molecular weight is 402 g/mol. The van der Waals surface area contributed by atoms with E-state index in [1.54, 1.807) is 24.4 Å². The number of imidazole rings is 1. The average Bonchev–Trinajstić information content (AvgIpc) is 3.49. The summed E-state index contributed by atoms with van der Waals surface area (Å²) in [6, 6.07) is 10.6. The summed E-state index contributed by atoms with van der Waals surface area (Å²) < 4.78 is 3.34. The zero-order chi connectivity index (χ0) is 20.5. The number of carbonyl (C=O) groups excluding carboxylic acids is 1. The second kappa shape index (κ2) is 7.72. The Morgan fingerprint density at radius 1 is 1.07 bits per heavy atom. The summed E-state index contributed by atoms with van der Waals surface area (Å²) in [5.74, 6) is 0.448. The Balaban J connectivity index is 1.26.